The van der Waals surface area contributed by atoms with Crippen LogP contribution in [0.4, 0.5) is 15.5 Å². The predicted octanol–water partition coefficient (Wildman–Crippen LogP) is 4.75. The summed E-state index contributed by atoms with van der Waals surface area (Å²) in [4.78, 5) is 30.9. The van der Waals surface area contributed by atoms with E-state index in [0.29, 0.717) is 38.3 Å². The third-order valence-electron chi connectivity index (χ3n) is 10.5. The first kappa shape index (κ1) is 33.3. The van der Waals surface area contributed by atoms with Gasteiger partial charge in [0.2, 0.25) is 14.3 Å². The first-order valence-electron chi connectivity index (χ1n) is 17.1. The van der Waals surface area contributed by atoms with E-state index in [1.165, 1.54) is 0 Å². The number of rotatable bonds is 10. The van der Waals surface area contributed by atoms with Crippen molar-refractivity contribution in [3.8, 4) is 0 Å². The maximum Gasteiger partial charge on any atom is 0.264 e. The smallest absolute Gasteiger partial charge is 0.264 e. The molecule has 1 unspecified atom stereocenters. The van der Waals surface area contributed by atoms with Crippen LogP contribution in [0.1, 0.15) is 41.6 Å². The van der Waals surface area contributed by atoms with Crippen LogP contribution in [-0.4, -0.2) is 72.7 Å². The van der Waals surface area contributed by atoms with Crippen LogP contribution >= 0.6 is 0 Å². The lowest BCUT2D eigenvalue weighted by molar-refractivity contribution is -0.146. The lowest BCUT2D eigenvalue weighted by Crippen LogP contribution is -2.48. The number of nitrogens with zero attached hydrogens (tertiary/aromatic N) is 5. The summed E-state index contributed by atoms with van der Waals surface area (Å²) in [6, 6.07) is 25.1. The van der Waals surface area contributed by atoms with E-state index in [2.05, 4.69) is 15.6 Å². The number of ether oxygens (including phenoxy) is 1. The molecule has 10 nitrogen and oxygen atoms in total. The minimum absolute atomic E-state index is 0.0136. The first-order valence-corrected chi connectivity index (χ1v) is 20.0. The van der Waals surface area contributed by atoms with Gasteiger partial charge in [0.15, 0.2) is 5.60 Å². The fourth-order valence-corrected chi connectivity index (χ4v) is 10.8. The van der Waals surface area contributed by atoms with Crippen molar-refractivity contribution in [1.29, 1.82) is 0 Å². The molecule has 0 bridgehead atoms. The van der Waals surface area contributed by atoms with Gasteiger partial charge in [-0.2, -0.15) is 0 Å². The maximum absolute atomic E-state index is 16.3. The Labute approximate surface area is 287 Å². The van der Waals surface area contributed by atoms with Gasteiger partial charge in [-0.25, -0.2) is 0 Å². The predicted molar refractivity (Wildman–Crippen MR) is 187 cm³/mol. The van der Waals surface area contributed by atoms with Gasteiger partial charge in [-0.05, 0) is 48.8 Å². The van der Waals surface area contributed by atoms with Crippen LogP contribution < -0.4 is 15.1 Å². The molecular weight excluding hydrogens is 640 g/mol. The van der Waals surface area contributed by atoms with Gasteiger partial charge >= 0.3 is 0 Å². The number of aryl methyl sites for hydroxylation is 1. The van der Waals surface area contributed by atoms with Crippen LogP contribution in [-0.2, 0) is 33.0 Å². The summed E-state index contributed by atoms with van der Waals surface area (Å²) in [6.07, 6.45) is 1.76. The van der Waals surface area contributed by atoms with Gasteiger partial charge in [0.25, 0.3) is 5.91 Å². The van der Waals surface area contributed by atoms with Crippen molar-refractivity contribution in [2.45, 2.75) is 62.7 Å². The molecule has 0 aliphatic carbocycles. The van der Waals surface area contributed by atoms with E-state index in [-0.39, 0.29) is 24.3 Å². The van der Waals surface area contributed by atoms with Crippen LogP contribution in [0.25, 0.3) is 0 Å². The number of aromatic nitrogens is 3. The fourth-order valence-electron chi connectivity index (χ4n) is 8.21. The number of fused-ring (bicyclic) bond motifs is 2. The molecule has 12 heteroatoms. The number of carbonyl (C=O) groups excluding carboxylic acids is 2. The zero-order valence-electron chi connectivity index (χ0n) is 28.1. The van der Waals surface area contributed by atoms with E-state index in [1.54, 1.807) is 27.6 Å². The average molecular weight is 683 g/mol. The van der Waals surface area contributed by atoms with Gasteiger partial charge < -0.3 is 29.1 Å². The quantitative estimate of drug-likeness (QED) is 0.184. The van der Waals surface area contributed by atoms with Crippen LogP contribution in [0.2, 0.25) is 18.6 Å². The van der Waals surface area contributed by atoms with E-state index in [1.807, 2.05) is 92.0 Å². The maximum atomic E-state index is 16.3. The van der Waals surface area contributed by atoms with Crippen molar-refractivity contribution in [3.63, 3.8) is 0 Å². The lowest BCUT2D eigenvalue weighted by atomic mass is 9.82. The van der Waals surface area contributed by atoms with E-state index >= 15 is 4.11 Å². The van der Waals surface area contributed by atoms with Gasteiger partial charge in [-0.3, -0.25) is 14.3 Å². The molecule has 1 spiro atoms. The van der Waals surface area contributed by atoms with E-state index in [9.17, 15) is 14.7 Å². The Morgan fingerprint density at radius 2 is 1.86 bits per heavy atom. The molecule has 3 aliphatic heterocycles. The molecule has 0 radical (unpaired) electrons. The Hall–Kier alpha value is -4.23. The van der Waals surface area contributed by atoms with Crippen molar-refractivity contribution in [1.82, 2.24) is 20.3 Å². The number of hydrogen-bond acceptors (Lipinski definition) is 7. The number of halogens is 1. The molecule has 4 aromatic rings. The molecule has 3 aliphatic rings. The minimum Gasteiger partial charge on any atom is -0.395 e. The monoisotopic (exact) mass is 682 g/mol. The molecule has 4 heterocycles. The molecule has 0 saturated carbocycles. The van der Waals surface area contributed by atoms with Crippen LogP contribution in [0.3, 0.4) is 0 Å². The Morgan fingerprint density at radius 1 is 1.08 bits per heavy atom. The molecular formula is C37H43FN6O4Si. The van der Waals surface area contributed by atoms with E-state index in [4.69, 9.17) is 4.74 Å². The summed E-state index contributed by atoms with van der Waals surface area (Å²) in [5, 5.41) is 21.9. The molecule has 2 saturated heterocycles. The number of benzene rings is 3. The topological polar surface area (TPSA) is 113 Å². The van der Waals surface area contributed by atoms with Crippen molar-refractivity contribution in [2.75, 3.05) is 36.0 Å². The van der Waals surface area contributed by atoms with E-state index < -0.39 is 31.6 Å². The molecule has 3 aromatic carbocycles. The number of aliphatic hydroxyl groups excluding tert-OH is 1. The standard InChI is InChI=1S/C37H43FN6O4Si/c1-25-35(49(2,3)38)33(16-18-42-23-31(40-41-42)29(24-45)27-11-5-4-6-12-27)48-37(25)30-14-7-8-15-32(30)44(36(37)47)22-26-10-9-13-28(20-26)43-19-17-39-21-34(43)46/h4-15,20,23,25,29,33,35,39,45H,16-19,21-22,24H2,1-3H3/t25-,29?,33+,35-,37+/m0/s1. The summed E-state index contributed by atoms with van der Waals surface area (Å²) in [6.45, 7) is 7.58. The molecule has 49 heavy (non-hydrogen) atoms. The highest BCUT2D eigenvalue weighted by Crippen LogP contribution is 2.60. The van der Waals surface area contributed by atoms with Gasteiger partial charge in [-0.15, -0.1) is 5.10 Å². The number of aliphatic hydroxyl groups is 1. The SMILES string of the molecule is C[C@H]1[C@H]([Si](C)(C)F)[C@@H](CCn2cc(C(CO)c3ccccc3)nn2)O[C@]12C(=O)N(Cc1cccc(N3CCNCC3=O)c1)c1ccccc12. The minimum atomic E-state index is -3.34. The number of carbonyl (C=O) groups is 2. The van der Waals surface area contributed by atoms with Crippen LogP contribution in [0, 0.1) is 5.92 Å². The largest absolute Gasteiger partial charge is 0.395 e. The fraction of sp³-hybridized carbons (Fsp3) is 0.405. The zero-order chi connectivity index (χ0) is 34.3. The highest BCUT2D eigenvalue weighted by atomic mass is 28.4. The summed E-state index contributed by atoms with van der Waals surface area (Å²) >= 11 is 0. The summed E-state index contributed by atoms with van der Waals surface area (Å²) < 4.78 is 25.0. The number of amides is 2. The van der Waals surface area contributed by atoms with Crippen molar-refractivity contribution in [2.24, 2.45) is 5.92 Å². The second-order valence-electron chi connectivity index (χ2n) is 13.9. The molecule has 2 fully saturated rings. The number of anilines is 2. The van der Waals surface area contributed by atoms with Crippen molar-refractivity contribution in [3.05, 3.63) is 107 Å². The second kappa shape index (κ2) is 13.2. The zero-order valence-corrected chi connectivity index (χ0v) is 29.1. The van der Waals surface area contributed by atoms with Gasteiger partial charge in [-0.1, -0.05) is 72.8 Å². The normalized spacial score (nSPS) is 24.6. The number of para-hydroxylation sites is 1. The Bertz CT molecular complexity index is 1830. The Balaban J connectivity index is 1.15. The third kappa shape index (κ3) is 6.00. The highest BCUT2D eigenvalue weighted by molar-refractivity contribution is 6.72. The molecule has 2 N–H and O–H groups in total. The third-order valence-corrected chi connectivity index (χ3v) is 12.9. The lowest BCUT2D eigenvalue weighted by Gasteiger charge is -2.31. The average Bonchev–Trinajstić information content (AvgIpc) is 3.75. The van der Waals surface area contributed by atoms with Gasteiger partial charge in [0, 0.05) is 48.5 Å². The molecule has 2 amide bonds. The molecule has 5 atom stereocenters. The van der Waals surface area contributed by atoms with Crippen molar-refractivity contribution < 1.29 is 23.5 Å². The molecule has 7 rings (SSSR count). The Morgan fingerprint density at radius 3 is 2.61 bits per heavy atom. The number of nitrogens with one attached hydrogen (secondary N) is 1. The Kier molecular flexibility index (Phi) is 8.99. The molecule has 256 valence electrons. The van der Waals surface area contributed by atoms with Crippen LogP contribution in [0.15, 0.2) is 85.1 Å². The number of piperazine rings is 1. The van der Waals surface area contributed by atoms with Gasteiger partial charge in [0.05, 0.1) is 43.1 Å². The summed E-state index contributed by atoms with van der Waals surface area (Å²) in [7, 11) is -3.34. The summed E-state index contributed by atoms with van der Waals surface area (Å²) in [5.74, 6) is -0.884. The van der Waals surface area contributed by atoms with Gasteiger partial charge in [0.1, 0.15) is 0 Å². The van der Waals surface area contributed by atoms with Crippen molar-refractivity contribution >= 4 is 31.6 Å². The summed E-state index contributed by atoms with van der Waals surface area (Å²) in [5.41, 5.74) is 3.07. The number of hydrogen-bond donors (Lipinski definition) is 2. The highest BCUT2D eigenvalue weighted by Gasteiger charge is 2.66. The van der Waals surface area contributed by atoms with E-state index in [0.717, 1.165) is 34.6 Å². The second-order valence-corrected chi connectivity index (χ2v) is 17.7. The first-order chi connectivity index (χ1) is 23.6. The molecule has 1 aromatic heterocycles. The van der Waals surface area contributed by atoms with Crippen LogP contribution in [0.5, 0.6) is 0 Å².